The summed E-state index contributed by atoms with van der Waals surface area (Å²) in [5.74, 6) is 1.82. The van der Waals surface area contributed by atoms with Crippen molar-refractivity contribution in [1.29, 1.82) is 0 Å². The summed E-state index contributed by atoms with van der Waals surface area (Å²) in [6, 6.07) is 17.6. The molecule has 4 aromatic rings. The monoisotopic (exact) mass is 489 g/mol. The SMILES string of the molecule is COc1ccc(C=Nn2c(C3CCCCC3)nc3ccc(Br)cc3c2=O)c2ccccc12. The van der Waals surface area contributed by atoms with E-state index in [-0.39, 0.29) is 11.5 Å². The van der Waals surface area contributed by atoms with Crippen molar-refractivity contribution >= 4 is 43.8 Å². The van der Waals surface area contributed by atoms with Gasteiger partial charge in [0.05, 0.1) is 24.2 Å². The van der Waals surface area contributed by atoms with Crippen molar-refractivity contribution < 1.29 is 4.74 Å². The van der Waals surface area contributed by atoms with Gasteiger partial charge < -0.3 is 4.74 Å². The number of aromatic nitrogens is 2. The van der Waals surface area contributed by atoms with Crippen molar-refractivity contribution in [2.45, 2.75) is 38.0 Å². The van der Waals surface area contributed by atoms with Crippen molar-refractivity contribution in [3.05, 3.63) is 80.8 Å². The van der Waals surface area contributed by atoms with Gasteiger partial charge in [-0.05, 0) is 48.6 Å². The van der Waals surface area contributed by atoms with Gasteiger partial charge in [0.15, 0.2) is 0 Å². The molecule has 0 aliphatic heterocycles. The van der Waals surface area contributed by atoms with E-state index >= 15 is 0 Å². The zero-order valence-electron chi connectivity index (χ0n) is 17.9. The minimum Gasteiger partial charge on any atom is -0.496 e. The third-order valence-electron chi connectivity index (χ3n) is 6.25. The van der Waals surface area contributed by atoms with Gasteiger partial charge in [0.25, 0.3) is 5.56 Å². The first kappa shape index (κ1) is 20.9. The predicted octanol–water partition coefficient (Wildman–Crippen LogP) is 6.25. The van der Waals surface area contributed by atoms with Crippen molar-refractivity contribution in [3.8, 4) is 5.75 Å². The number of rotatable bonds is 4. The van der Waals surface area contributed by atoms with Gasteiger partial charge in [-0.1, -0.05) is 59.5 Å². The molecule has 3 aromatic carbocycles. The van der Waals surface area contributed by atoms with E-state index in [1.165, 1.54) is 11.1 Å². The second kappa shape index (κ2) is 8.87. The van der Waals surface area contributed by atoms with Crippen LogP contribution in [0.2, 0.25) is 0 Å². The smallest absolute Gasteiger partial charge is 0.282 e. The Morgan fingerprint density at radius 1 is 1.03 bits per heavy atom. The molecule has 5 rings (SSSR count). The van der Waals surface area contributed by atoms with Crippen LogP contribution < -0.4 is 10.3 Å². The summed E-state index contributed by atoms with van der Waals surface area (Å²) in [6.07, 6.45) is 7.39. The molecule has 0 radical (unpaired) electrons. The fourth-order valence-corrected chi connectivity index (χ4v) is 4.97. The Morgan fingerprint density at radius 3 is 2.59 bits per heavy atom. The van der Waals surface area contributed by atoms with Crippen LogP contribution in [0.4, 0.5) is 0 Å². The molecule has 0 spiro atoms. The Balaban J connectivity index is 1.68. The fourth-order valence-electron chi connectivity index (χ4n) is 4.61. The highest BCUT2D eigenvalue weighted by atomic mass is 79.9. The number of hydrogen-bond acceptors (Lipinski definition) is 4. The van der Waals surface area contributed by atoms with Crippen LogP contribution in [-0.2, 0) is 0 Å². The average Bonchev–Trinajstić information content (AvgIpc) is 2.84. The molecule has 1 fully saturated rings. The molecule has 1 aliphatic rings. The lowest BCUT2D eigenvalue weighted by Gasteiger charge is -2.22. The third-order valence-corrected chi connectivity index (χ3v) is 6.75. The standard InChI is InChI=1S/C26H24BrN3O2/c1-32-24-14-11-18(20-9-5-6-10-21(20)24)16-28-30-25(17-7-3-2-4-8-17)29-23-13-12-19(27)15-22(23)26(30)31/h5-6,9-17H,2-4,7-8H2,1H3. The van der Waals surface area contributed by atoms with E-state index in [9.17, 15) is 4.79 Å². The topological polar surface area (TPSA) is 56.5 Å². The van der Waals surface area contributed by atoms with Crippen molar-refractivity contribution in [1.82, 2.24) is 9.66 Å². The number of fused-ring (bicyclic) bond motifs is 2. The number of ether oxygens (including phenoxy) is 1. The molecule has 5 nitrogen and oxygen atoms in total. The van der Waals surface area contributed by atoms with Crippen molar-refractivity contribution in [2.75, 3.05) is 7.11 Å². The molecule has 0 N–H and O–H groups in total. The van der Waals surface area contributed by atoms with E-state index in [2.05, 4.69) is 15.9 Å². The Kier molecular flexibility index (Phi) is 5.79. The van der Waals surface area contributed by atoms with Crippen LogP contribution in [0, 0.1) is 0 Å². The largest absolute Gasteiger partial charge is 0.496 e. The van der Waals surface area contributed by atoms with Crippen LogP contribution in [0.25, 0.3) is 21.7 Å². The van der Waals surface area contributed by atoms with Crippen LogP contribution in [0.5, 0.6) is 5.75 Å². The summed E-state index contributed by atoms with van der Waals surface area (Å²) in [6.45, 7) is 0. The molecule has 0 amide bonds. The maximum absolute atomic E-state index is 13.5. The molecular formula is C26H24BrN3O2. The number of methoxy groups -OCH3 is 1. The second-order valence-corrected chi connectivity index (χ2v) is 9.15. The molecule has 1 aromatic heterocycles. The lowest BCUT2D eigenvalue weighted by molar-refractivity contribution is 0.416. The highest BCUT2D eigenvalue weighted by Gasteiger charge is 2.22. The molecule has 1 saturated carbocycles. The highest BCUT2D eigenvalue weighted by molar-refractivity contribution is 9.10. The normalized spacial score (nSPS) is 15.1. The summed E-state index contributed by atoms with van der Waals surface area (Å²) in [7, 11) is 1.67. The number of benzene rings is 3. The molecule has 0 unspecified atom stereocenters. The lowest BCUT2D eigenvalue weighted by Crippen LogP contribution is -2.25. The number of nitrogens with zero attached hydrogens (tertiary/aromatic N) is 3. The van der Waals surface area contributed by atoms with Crippen LogP contribution in [0.15, 0.2) is 69.0 Å². The van der Waals surface area contributed by atoms with Gasteiger partial charge in [-0.3, -0.25) is 4.79 Å². The van der Waals surface area contributed by atoms with E-state index in [0.717, 1.165) is 63.6 Å². The van der Waals surface area contributed by atoms with E-state index in [1.807, 2.05) is 54.6 Å². The summed E-state index contributed by atoms with van der Waals surface area (Å²) in [4.78, 5) is 18.4. The molecule has 0 atom stereocenters. The maximum Gasteiger partial charge on any atom is 0.282 e. The zero-order valence-corrected chi connectivity index (χ0v) is 19.5. The molecular weight excluding hydrogens is 466 g/mol. The number of halogens is 1. The van der Waals surface area contributed by atoms with Gasteiger partial charge in [0.2, 0.25) is 0 Å². The summed E-state index contributed by atoms with van der Waals surface area (Å²) in [5, 5.41) is 7.30. The van der Waals surface area contributed by atoms with Crippen molar-refractivity contribution in [2.24, 2.45) is 5.10 Å². The molecule has 32 heavy (non-hydrogen) atoms. The van der Waals surface area contributed by atoms with Crippen LogP contribution in [0.1, 0.15) is 49.4 Å². The van der Waals surface area contributed by atoms with Gasteiger partial charge >= 0.3 is 0 Å². The molecule has 6 heteroatoms. The van der Waals surface area contributed by atoms with Gasteiger partial charge in [0.1, 0.15) is 11.6 Å². The summed E-state index contributed by atoms with van der Waals surface area (Å²) < 4.78 is 7.88. The molecule has 0 bridgehead atoms. The first-order valence-corrected chi connectivity index (χ1v) is 11.8. The summed E-state index contributed by atoms with van der Waals surface area (Å²) in [5.41, 5.74) is 1.52. The zero-order chi connectivity index (χ0) is 22.1. The quantitative estimate of drug-likeness (QED) is 0.318. The van der Waals surface area contributed by atoms with Gasteiger partial charge in [0, 0.05) is 21.3 Å². The minimum atomic E-state index is -0.133. The van der Waals surface area contributed by atoms with E-state index in [4.69, 9.17) is 14.8 Å². The highest BCUT2D eigenvalue weighted by Crippen LogP contribution is 2.32. The van der Waals surface area contributed by atoms with Gasteiger partial charge in [-0.15, -0.1) is 0 Å². The first-order valence-electron chi connectivity index (χ1n) is 11.0. The Labute approximate surface area is 194 Å². The lowest BCUT2D eigenvalue weighted by atomic mass is 9.88. The Morgan fingerprint density at radius 2 is 1.81 bits per heavy atom. The van der Waals surface area contributed by atoms with Gasteiger partial charge in [-0.2, -0.15) is 9.78 Å². The summed E-state index contributed by atoms with van der Waals surface area (Å²) >= 11 is 3.48. The minimum absolute atomic E-state index is 0.133. The first-order chi connectivity index (χ1) is 15.7. The Bertz CT molecular complexity index is 1390. The van der Waals surface area contributed by atoms with Crippen LogP contribution in [0.3, 0.4) is 0 Å². The number of hydrogen-bond donors (Lipinski definition) is 0. The van der Waals surface area contributed by atoms with Gasteiger partial charge in [-0.25, -0.2) is 4.98 Å². The second-order valence-electron chi connectivity index (χ2n) is 8.23. The Hall–Kier alpha value is -2.99. The molecule has 1 aliphatic carbocycles. The molecule has 162 valence electrons. The molecule has 1 heterocycles. The van der Waals surface area contributed by atoms with Crippen LogP contribution >= 0.6 is 15.9 Å². The van der Waals surface area contributed by atoms with Crippen molar-refractivity contribution in [3.63, 3.8) is 0 Å². The average molecular weight is 490 g/mol. The fraction of sp³-hybridized carbons (Fsp3) is 0.269. The molecule has 0 saturated heterocycles. The van der Waals surface area contributed by atoms with E-state index in [1.54, 1.807) is 13.3 Å². The maximum atomic E-state index is 13.5. The predicted molar refractivity (Wildman–Crippen MR) is 133 cm³/mol. The van der Waals surface area contributed by atoms with E-state index < -0.39 is 0 Å². The third kappa shape index (κ3) is 3.84. The van der Waals surface area contributed by atoms with E-state index in [0.29, 0.717) is 5.39 Å². The van der Waals surface area contributed by atoms with Crippen LogP contribution in [-0.4, -0.2) is 23.0 Å².